The molecule has 2 aromatic rings. The minimum absolute atomic E-state index is 0.177. The standard InChI is InChI=1S/C15H12BrCl2NO/c1-9(17)11-4-2-3-5-14(11)19-15(20)10-6-7-13(18)12(16)8-10/h2-9H,1H3,(H,19,20). The highest BCUT2D eigenvalue weighted by Crippen LogP contribution is 2.28. The smallest absolute Gasteiger partial charge is 0.255 e. The van der Waals surface area contributed by atoms with Crippen LogP contribution in [0.4, 0.5) is 5.69 Å². The monoisotopic (exact) mass is 371 g/mol. The third-order valence-corrected chi connectivity index (χ3v) is 4.27. The Hall–Kier alpha value is -1.03. The maximum Gasteiger partial charge on any atom is 0.255 e. The Morgan fingerprint density at radius 3 is 2.60 bits per heavy atom. The first-order chi connectivity index (χ1) is 9.49. The van der Waals surface area contributed by atoms with E-state index in [-0.39, 0.29) is 11.3 Å². The molecule has 2 nitrogen and oxygen atoms in total. The van der Waals surface area contributed by atoms with Crippen molar-refractivity contribution in [3.63, 3.8) is 0 Å². The van der Waals surface area contributed by atoms with Crippen molar-refractivity contribution in [3.05, 3.63) is 63.1 Å². The summed E-state index contributed by atoms with van der Waals surface area (Å²) in [6, 6.07) is 12.5. The Morgan fingerprint density at radius 1 is 1.25 bits per heavy atom. The van der Waals surface area contributed by atoms with Crippen molar-refractivity contribution in [2.75, 3.05) is 5.32 Å². The average molecular weight is 373 g/mol. The van der Waals surface area contributed by atoms with Gasteiger partial charge in [-0.15, -0.1) is 11.6 Å². The number of carbonyl (C=O) groups is 1. The summed E-state index contributed by atoms with van der Waals surface area (Å²) in [6.45, 7) is 1.87. The topological polar surface area (TPSA) is 29.1 Å². The van der Waals surface area contributed by atoms with Crippen LogP contribution in [0.1, 0.15) is 28.2 Å². The zero-order valence-corrected chi connectivity index (χ0v) is 13.8. The highest BCUT2D eigenvalue weighted by Gasteiger charge is 2.12. The molecule has 1 atom stereocenters. The molecule has 0 aliphatic carbocycles. The highest BCUT2D eigenvalue weighted by molar-refractivity contribution is 9.10. The zero-order chi connectivity index (χ0) is 14.7. The fraction of sp³-hybridized carbons (Fsp3) is 0.133. The number of anilines is 1. The average Bonchev–Trinajstić information content (AvgIpc) is 2.42. The molecule has 0 fully saturated rings. The maximum atomic E-state index is 12.2. The minimum atomic E-state index is -0.202. The van der Waals surface area contributed by atoms with E-state index < -0.39 is 0 Å². The van der Waals surface area contributed by atoms with Gasteiger partial charge in [-0.1, -0.05) is 29.8 Å². The molecule has 0 saturated heterocycles. The lowest BCUT2D eigenvalue weighted by molar-refractivity contribution is 0.102. The molecule has 5 heteroatoms. The first kappa shape index (κ1) is 15.4. The molecule has 0 radical (unpaired) electrons. The second kappa shape index (κ2) is 6.61. The summed E-state index contributed by atoms with van der Waals surface area (Å²) in [5, 5.41) is 3.26. The molecule has 1 amide bonds. The van der Waals surface area contributed by atoms with Gasteiger partial charge in [0.15, 0.2) is 0 Å². The third kappa shape index (κ3) is 3.54. The summed E-state index contributed by atoms with van der Waals surface area (Å²) in [5.74, 6) is -0.202. The molecule has 0 aliphatic rings. The van der Waals surface area contributed by atoms with Crippen molar-refractivity contribution in [2.45, 2.75) is 12.3 Å². The van der Waals surface area contributed by atoms with Gasteiger partial charge in [0.25, 0.3) is 5.91 Å². The van der Waals surface area contributed by atoms with Crippen molar-refractivity contribution in [2.24, 2.45) is 0 Å². The maximum absolute atomic E-state index is 12.2. The van der Waals surface area contributed by atoms with Gasteiger partial charge in [0, 0.05) is 15.7 Å². The van der Waals surface area contributed by atoms with Crippen LogP contribution < -0.4 is 5.32 Å². The Morgan fingerprint density at radius 2 is 1.95 bits per heavy atom. The SMILES string of the molecule is CC(Cl)c1ccccc1NC(=O)c1ccc(Cl)c(Br)c1. The third-order valence-electron chi connectivity index (χ3n) is 2.82. The fourth-order valence-corrected chi connectivity index (χ4v) is 2.48. The van der Waals surface area contributed by atoms with Crippen LogP contribution in [0.15, 0.2) is 46.9 Å². The van der Waals surface area contributed by atoms with Gasteiger partial charge in [-0.2, -0.15) is 0 Å². The number of halogens is 3. The van der Waals surface area contributed by atoms with Crippen LogP contribution in [0.2, 0.25) is 5.02 Å². The fourth-order valence-electron chi connectivity index (χ4n) is 1.79. The van der Waals surface area contributed by atoms with Crippen LogP contribution in [0.5, 0.6) is 0 Å². The molecule has 0 aromatic heterocycles. The van der Waals surface area contributed by atoms with Gasteiger partial charge in [0.1, 0.15) is 0 Å². The lowest BCUT2D eigenvalue weighted by Crippen LogP contribution is -2.13. The van der Waals surface area contributed by atoms with Crippen LogP contribution in [0.3, 0.4) is 0 Å². The lowest BCUT2D eigenvalue weighted by atomic mass is 10.1. The predicted octanol–water partition coefficient (Wildman–Crippen LogP) is 5.65. The Balaban J connectivity index is 2.26. The predicted molar refractivity (Wildman–Crippen MR) is 87.8 cm³/mol. The summed E-state index contributed by atoms with van der Waals surface area (Å²) < 4.78 is 0.686. The van der Waals surface area contributed by atoms with Gasteiger partial charge in [-0.05, 0) is 52.7 Å². The number of benzene rings is 2. The summed E-state index contributed by atoms with van der Waals surface area (Å²) in [6.07, 6.45) is 0. The second-order valence-electron chi connectivity index (χ2n) is 4.29. The van der Waals surface area contributed by atoms with E-state index in [1.807, 2.05) is 31.2 Å². The zero-order valence-electron chi connectivity index (χ0n) is 10.7. The Kier molecular flexibility index (Phi) is 5.08. The summed E-state index contributed by atoms with van der Waals surface area (Å²) >= 11 is 15.3. The number of para-hydroxylation sites is 1. The molecule has 104 valence electrons. The molecule has 2 rings (SSSR count). The summed E-state index contributed by atoms with van der Waals surface area (Å²) in [4.78, 5) is 12.2. The van der Waals surface area contributed by atoms with Gasteiger partial charge in [-0.3, -0.25) is 4.79 Å². The van der Waals surface area contributed by atoms with E-state index >= 15 is 0 Å². The number of hydrogen-bond acceptors (Lipinski definition) is 1. The van der Waals surface area contributed by atoms with Gasteiger partial charge in [0.05, 0.1) is 10.4 Å². The number of rotatable bonds is 3. The molecule has 2 aromatic carbocycles. The molecular formula is C15H12BrCl2NO. The number of alkyl halides is 1. The van der Waals surface area contributed by atoms with E-state index in [4.69, 9.17) is 23.2 Å². The number of carbonyl (C=O) groups excluding carboxylic acids is 1. The van der Waals surface area contributed by atoms with Gasteiger partial charge in [-0.25, -0.2) is 0 Å². The lowest BCUT2D eigenvalue weighted by Gasteiger charge is -2.12. The van der Waals surface area contributed by atoms with Crippen molar-refractivity contribution in [3.8, 4) is 0 Å². The van der Waals surface area contributed by atoms with Gasteiger partial charge in [0.2, 0.25) is 0 Å². The van der Waals surface area contributed by atoms with Crippen molar-refractivity contribution >= 4 is 50.7 Å². The van der Waals surface area contributed by atoms with E-state index in [1.165, 1.54) is 0 Å². The quantitative estimate of drug-likeness (QED) is 0.692. The van der Waals surface area contributed by atoms with E-state index in [1.54, 1.807) is 18.2 Å². The van der Waals surface area contributed by atoms with Crippen molar-refractivity contribution in [1.29, 1.82) is 0 Å². The van der Waals surface area contributed by atoms with E-state index in [0.717, 1.165) is 5.56 Å². The van der Waals surface area contributed by atoms with E-state index in [2.05, 4.69) is 21.2 Å². The van der Waals surface area contributed by atoms with Gasteiger partial charge < -0.3 is 5.32 Å². The van der Waals surface area contributed by atoms with Crippen molar-refractivity contribution < 1.29 is 4.79 Å². The number of nitrogens with one attached hydrogen (secondary N) is 1. The van der Waals surface area contributed by atoms with E-state index in [0.29, 0.717) is 20.7 Å². The molecule has 0 bridgehead atoms. The number of amides is 1. The molecule has 1 N–H and O–H groups in total. The van der Waals surface area contributed by atoms with Crippen molar-refractivity contribution in [1.82, 2.24) is 0 Å². The molecule has 0 aliphatic heterocycles. The largest absolute Gasteiger partial charge is 0.322 e. The van der Waals surface area contributed by atoms with Gasteiger partial charge >= 0.3 is 0 Å². The molecule has 20 heavy (non-hydrogen) atoms. The normalized spacial score (nSPS) is 12.0. The highest BCUT2D eigenvalue weighted by atomic mass is 79.9. The van der Waals surface area contributed by atoms with Crippen LogP contribution >= 0.6 is 39.1 Å². The Labute approximate surface area is 136 Å². The van der Waals surface area contributed by atoms with Crippen LogP contribution in [0.25, 0.3) is 0 Å². The van der Waals surface area contributed by atoms with Crippen LogP contribution in [0, 0.1) is 0 Å². The minimum Gasteiger partial charge on any atom is -0.322 e. The number of hydrogen-bond donors (Lipinski definition) is 1. The first-order valence-corrected chi connectivity index (χ1v) is 7.59. The molecule has 0 spiro atoms. The Bertz CT molecular complexity index is 644. The molecular weight excluding hydrogens is 361 g/mol. The van der Waals surface area contributed by atoms with Crippen LogP contribution in [-0.4, -0.2) is 5.91 Å². The first-order valence-electron chi connectivity index (χ1n) is 5.98. The van der Waals surface area contributed by atoms with E-state index in [9.17, 15) is 4.79 Å². The second-order valence-corrected chi connectivity index (χ2v) is 6.20. The van der Waals surface area contributed by atoms with Crippen LogP contribution in [-0.2, 0) is 0 Å². The molecule has 0 heterocycles. The molecule has 1 unspecified atom stereocenters. The summed E-state index contributed by atoms with van der Waals surface area (Å²) in [7, 11) is 0. The molecule has 0 saturated carbocycles. The summed E-state index contributed by atoms with van der Waals surface area (Å²) in [5.41, 5.74) is 2.12.